The van der Waals surface area contributed by atoms with Gasteiger partial charge in [0, 0.05) is 39.6 Å². The summed E-state index contributed by atoms with van der Waals surface area (Å²) in [5.74, 6) is -0.483. The van der Waals surface area contributed by atoms with Crippen molar-refractivity contribution in [2.45, 2.75) is 6.42 Å². The molecular formula is C17H12F2N2. The van der Waals surface area contributed by atoms with Crippen molar-refractivity contribution >= 4 is 21.8 Å². The summed E-state index contributed by atoms with van der Waals surface area (Å²) in [5, 5.41) is 1.71. The number of halogens is 2. The average molecular weight is 282 g/mol. The van der Waals surface area contributed by atoms with Crippen LogP contribution in [0.5, 0.6) is 0 Å². The summed E-state index contributed by atoms with van der Waals surface area (Å²) < 4.78 is 26.4. The van der Waals surface area contributed by atoms with Gasteiger partial charge in [0.2, 0.25) is 0 Å². The minimum Gasteiger partial charge on any atom is -0.358 e. The van der Waals surface area contributed by atoms with Crippen LogP contribution in [0.2, 0.25) is 0 Å². The smallest absolute Gasteiger partial charge is 0.123 e. The number of benzene rings is 2. The number of fused-ring (bicyclic) bond motifs is 2. The van der Waals surface area contributed by atoms with Gasteiger partial charge in [0.1, 0.15) is 11.6 Å². The zero-order valence-electron chi connectivity index (χ0n) is 11.1. The van der Waals surface area contributed by atoms with Crippen molar-refractivity contribution in [2.24, 2.45) is 0 Å². The number of nitrogens with one attached hydrogen (secondary N) is 2. The molecule has 21 heavy (non-hydrogen) atoms. The lowest BCUT2D eigenvalue weighted by Crippen LogP contribution is -1.87. The van der Waals surface area contributed by atoms with Crippen LogP contribution < -0.4 is 0 Å². The van der Waals surface area contributed by atoms with Gasteiger partial charge in [-0.05, 0) is 48.5 Å². The number of hydrogen-bond donors (Lipinski definition) is 2. The predicted octanol–water partition coefficient (Wildman–Crippen LogP) is 4.52. The van der Waals surface area contributed by atoms with Gasteiger partial charge in [-0.3, -0.25) is 0 Å². The van der Waals surface area contributed by atoms with E-state index in [9.17, 15) is 8.78 Å². The second-order valence-corrected chi connectivity index (χ2v) is 5.23. The summed E-state index contributed by atoms with van der Waals surface area (Å²) in [6.07, 6.45) is 0.659. The van der Waals surface area contributed by atoms with Crippen LogP contribution >= 0.6 is 0 Å². The van der Waals surface area contributed by atoms with E-state index >= 15 is 0 Å². The average Bonchev–Trinajstić information content (AvgIpc) is 3.00. The normalized spacial score (nSPS) is 11.5. The maximum Gasteiger partial charge on any atom is 0.123 e. The molecule has 104 valence electrons. The first-order valence-electron chi connectivity index (χ1n) is 6.72. The van der Waals surface area contributed by atoms with E-state index in [1.807, 2.05) is 12.1 Å². The van der Waals surface area contributed by atoms with Crippen molar-refractivity contribution < 1.29 is 8.78 Å². The SMILES string of the molecule is Fc1ccc2[nH]c(Cc3cc4cc(F)ccc4[nH]3)cc2c1. The van der Waals surface area contributed by atoms with E-state index in [4.69, 9.17) is 0 Å². The number of H-pyrrole nitrogens is 2. The second kappa shape index (κ2) is 4.45. The van der Waals surface area contributed by atoms with Gasteiger partial charge in [0.05, 0.1) is 0 Å². The van der Waals surface area contributed by atoms with Gasteiger partial charge in [0.15, 0.2) is 0 Å². The predicted molar refractivity (Wildman–Crippen MR) is 79.3 cm³/mol. The fourth-order valence-electron chi connectivity index (χ4n) is 2.72. The summed E-state index contributed by atoms with van der Waals surface area (Å²) in [4.78, 5) is 6.53. The van der Waals surface area contributed by atoms with Crippen LogP contribution in [0.3, 0.4) is 0 Å². The van der Waals surface area contributed by atoms with E-state index < -0.39 is 0 Å². The molecule has 0 atom stereocenters. The monoisotopic (exact) mass is 282 g/mol. The highest BCUT2D eigenvalue weighted by Gasteiger charge is 2.06. The molecule has 0 aliphatic heterocycles. The Hall–Kier alpha value is -2.62. The van der Waals surface area contributed by atoms with Gasteiger partial charge >= 0.3 is 0 Å². The minimum absolute atomic E-state index is 0.242. The molecule has 0 amide bonds. The van der Waals surface area contributed by atoms with Gasteiger partial charge in [0.25, 0.3) is 0 Å². The van der Waals surface area contributed by atoms with Crippen molar-refractivity contribution in [3.63, 3.8) is 0 Å². The molecule has 0 aliphatic rings. The van der Waals surface area contributed by atoms with Crippen LogP contribution in [-0.2, 0) is 6.42 Å². The molecule has 0 radical (unpaired) electrons. The number of rotatable bonds is 2. The summed E-state index contributed by atoms with van der Waals surface area (Å²) in [6, 6.07) is 13.2. The molecule has 0 spiro atoms. The Morgan fingerprint density at radius 3 is 1.62 bits per heavy atom. The van der Waals surface area contributed by atoms with E-state index in [0.717, 1.165) is 33.2 Å². The molecule has 2 nitrogen and oxygen atoms in total. The van der Waals surface area contributed by atoms with Crippen LogP contribution in [0.4, 0.5) is 8.78 Å². The molecular weight excluding hydrogens is 270 g/mol. The van der Waals surface area contributed by atoms with Crippen LogP contribution in [0, 0.1) is 11.6 Å². The molecule has 0 unspecified atom stereocenters. The van der Waals surface area contributed by atoms with Crippen LogP contribution in [0.25, 0.3) is 21.8 Å². The zero-order valence-corrected chi connectivity index (χ0v) is 11.1. The standard InChI is InChI=1S/C17H12F2N2/c18-12-1-3-16-10(5-12)7-14(20-16)9-15-8-11-6-13(19)2-4-17(11)21-15/h1-8,20-21H,9H2. The largest absolute Gasteiger partial charge is 0.358 e. The lowest BCUT2D eigenvalue weighted by molar-refractivity contribution is 0.629. The molecule has 0 aliphatic carbocycles. The first-order chi connectivity index (χ1) is 10.2. The Kier molecular flexibility index (Phi) is 2.57. The highest BCUT2D eigenvalue weighted by atomic mass is 19.1. The second-order valence-electron chi connectivity index (χ2n) is 5.23. The van der Waals surface area contributed by atoms with Crippen molar-refractivity contribution in [3.8, 4) is 0 Å². The van der Waals surface area contributed by atoms with Crippen molar-refractivity contribution in [1.82, 2.24) is 9.97 Å². The van der Waals surface area contributed by atoms with Crippen LogP contribution in [-0.4, -0.2) is 9.97 Å². The lowest BCUT2D eigenvalue weighted by atomic mass is 10.2. The Morgan fingerprint density at radius 1 is 0.667 bits per heavy atom. The highest BCUT2D eigenvalue weighted by molar-refractivity contribution is 5.82. The third-order valence-corrected chi connectivity index (χ3v) is 3.66. The van der Waals surface area contributed by atoms with Crippen molar-refractivity contribution in [3.05, 3.63) is 71.6 Å². The van der Waals surface area contributed by atoms with Crippen LogP contribution in [0.1, 0.15) is 11.4 Å². The molecule has 2 aromatic carbocycles. The van der Waals surface area contributed by atoms with Gasteiger partial charge in [-0.1, -0.05) is 0 Å². The summed E-state index contributed by atoms with van der Waals surface area (Å²) in [6.45, 7) is 0. The summed E-state index contributed by atoms with van der Waals surface area (Å²) in [5.41, 5.74) is 3.80. The maximum atomic E-state index is 13.2. The zero-order chi connectivity index (χ0) is 14.4. The minimum atomic E-state index is -0.242. The quantitative estimate of drug-likeness (QED) is 0.542. The van der Waals surface area contributed by atoms with Gasteiger partial charge in [-0.15, -0.1) is 0 Å². The van der Waals surface area contributed by atoms with E-state index in [0.29, 0.717) is 6.42 Å². The number of aromatic nitrogens is 2. The molecule has 4 heteroatoms. The van der Waals surface area contributed by atoms with Gasteiger partial charge in [-0.2, -0.15) is 0 Å². The highest BCUT2D eigenvalue weighted by Crippen LogP contribution is 2.21. The fraction of sp³-hybridized carbons (Fsp3) is 0.0588. The first kappa shape index (κ1) is 12.1. The Labute approximate surface area is 119 Å². The third-order valence-electron chi connectivity index (χ3n) is 3.66. The molecule has 0 saturated carbocycles. The maximum absolute atomic E-state index is 13.2. The first-order valence-corrected chi connectivity index (χ1v) is 6.72. The third kappa shape index (κ3) is 2.18. The fourth-order valence-corrected chi connectivity index (χ4v) is 2.72. The molecule has 4 rings (SSSR count). The van der Waals surface area contributed by atoms with Gasteiger partial charge in [-0.25, -0.2) is 8.78 Å². The lowest BCUT2D eigenvalue weighted by Gasteiger charge is -1.93. The molecule has 2 heterocycles. The van der Waals surface area contributed by atoms with Crippen LogP contribution in [0.15, 0.2) is 48.5 Å². The van der Waals surface area contributed by atoms with Crippen molar-refractivity contribution in [2.75, 3.05) is 0 Å². The molecule has 0 bridgehead atoms. The number of hydrogen-bond acceptors (Lipinski definition) is 0. The Morgan fingerprint density at radius 2 is 1.14 bits per heavy atom. The van der Waals surface area contributed by atoms with Gasteiger partial charge < -0.3 is 9.97 Å². The molecule has 2 N–H and O–H groups in total. The van der Waals surface area contributed by atoms with E-state index in [-0.39, 0.29) is 11.6 Å². The molecule has 0 saturated heterocycles. The summed E-state index contributed by atoms with van der Waals surface area (Å²) >= 11 is 0. The molecule has 2 aromatic heterocycles. The molecule has 4 aromatic rings. The van der Waals surface area contributed by atoms with Crippen molar-refractivity contribution in [1.29, 1.82) is 0 Å². The summed E-state index contributed by atoms with van der Waals surface area (Å²) in [7, 11) is 0. The Balaban J connectivity index is 1.71. The van der Waals surface area contributed by atoms with E-state index in [2.05, 4.69) is 9.97 Å². The van der Waals surface area contributed by atoms with E-state index in [1.165, 1.54) is 24.3 Å². The number of aromatic amines is 2. The van der Waals surface area contributed by atoms with E-state index in [1.54, 1.807) is 12.1 Å². The molecule has 0 fully saturated rings. The Bertz CT molecular complexity index is 872. The topological polar surface area (TPSA) is 31.6 Å².